The van der Waals surface area contributed by atoms with Gasteiger partial charge in [0.25, 0.3) is 0 Å². The van der Waals surface area contributed by atoms with Crippen molar-refractivity contribution in [2.45, 2.75) is 0 Å². The number of hydrogen-bond donors (Lipinski definition) is 1. The third-order valence-electron chi connectivity index (χ3n) is 1.09. The summed E-state index contributed by atoms with van der Waals surface area (Å²) < 4.78 is 14.4. The van der Waals surface area contributed by atoms with Gasteiger partial charge in [-0.3, -0.25) is 4.79 Å². The van der Waals surface area contributed by atoms with E-state index in [1.54, 1.807) is 7.11 Å². The summed E-state index contributed by atoms with van der Waals surface area (Å²) in [5, 5.41) is 0. The monoisotopic (exact) mass is 177 g/mol. The molecule has 0 aromatic heterocycles. The summed E-state index contributed by atoms with van der Waals surface area (Å²) >= 11 is 0. The second kappa shape index (κ2) is 8.45. The fourth-order valence-corrected chi connectivity index (χ4v) is 0.518. The molecule has 0 unspecified atom stereocenters. The van der Waals surface area contributed by atoms with Crippen molar-refractivity contribution in [3.63, 3.8) is 0 Å². The zero-order valence-corrected chi connectivity index (χ0v) is 7.25. The van der Waals surface area contributed by atoms with E-state index in [1.165, 1.54) is 0 Å². The van der Waals surface area contributed by atoms with E-state index in [4.69, 9.17) is 15.2 Å². The molecule has 0 aliphatic rings. The Morgan fingerprint density at radius 2 is 1.92 bits per heavy atom. The summed E-state index contributed by atoms with van der Waals surface area (Å²) in [6.07, 6.45) is 0. The second-order valence-corrected chi connectivity index (χ2v) is 2.03. The van der Waals surface area contributed by atoms with E-state index < -0.39 is 5.97 Å². The summed E-state index contributed by atoms with van der Waals surface area (Å²) in [5.74, 6) is -0.412. The number of methoxy groups -OCH3 is 1. The average molecular weight is 177 g/mol. The molecule has 0 amide bonds. The summed E-state index contributed by atoms with van der Waals surface area (Å²) in [6, 6.07) is 0. The highest BCUT2D eigenvalue weighted by Crippen LogP contribution is 1.79. The van der Waals surface area contributed by atoms with E-state index in [9.17, 15) is 4.79 Å². The summed E-state index contributed by atoms with van der Waals surface area (Å²) in [7, 11) is 1.60. The smallest absolute Gasteiger partial charge is 0.319 e. The first-order valence-electron chi connectivity index (χ1n) is 3.73. The Balaban J connectivity index is 2.95. The maximum absolute atomic E-state index is 10.5. The van der Waals surface area contributed by atoms with Gasteiger partial charge < -0.3 is 19.9 Å². The molecule has 0 saturated heterocycles. The van der Waals surface area contributed by atoms with E-state index >= 15 is 0 Å². The fourth-order valence-electron chi connectivity index (χ4n) is 0.518. The van der Waals surface area contributed by atoms with Gasteiger partial charge in [0.15, 0.2) is 0 Å². The van der Waals surface area contributed by atoms with Crippen LogP contribution in [-0.2, 0) is 19.0 Å². The lowest BCUT2D eigenvalue weighted by Crippen LogP contribution is -2.19. The Morgan fingerprint density at radius 1 is 1.25 bits per heavy atom. The Kier molecular flexibility index (Phi) is 7.99. The first-order valence-corrected chi connectivity index (χ1v) is 3.73. The van der Waals surface area contributed by atoms with Crippen molar-refractivity contribution in [1.29, 1.82) is 0 Å². The molecule has 5 heteroatoms. The molecule has 0 heterocycles. The van der Waals surface area contributed by atoms with Crippen molar-refractivity contribution in [3.8, 4) is 0 Å². The van der Waals surface area contributed by atoms with Crippen LogP contribution in [0.1, 0.15) is 0 Å². The van der Waals surface area contributed by atoms with Gasteiger partial charge in [0.2, 0.25) is 0 Å². The molecule has 72 valence electrons. The highest BCUT2D eigenvalue weighted by molar-refractivity contribution is 5.71. The number of carbonyl (C=O) groups is 1. The number of hydrogen-bond acceptors (Lipinski definition) is 5. The molecule has 5 nitrogen and oxygen atoms in total. The van der Waals surface area contributed by atoms with Gasteiger partial charge in [0.1, 0.15) is 6.61 Å². The predicted molar refractivity (Wildman–Crippen MR) is 42.7 cm³/mol. The van der Waals surface area contributed by atoms with Gasteiger partial charge in [-0.05, 0) is 0 Å². The molecule has 12 heavy (non-hydrogen) atoms. The van der Waals surface area contributed by atoms with Gasteiger partial charge in [-0.1, -0.05) is 0 Å². The van der Waals surface area contributed by atoms with Crippen LogP contribution in [0.4, 0.5) is 0 Å². The molecule has 0 saturated carbocycles. The minimum absolute atomic E-state index is 0.0852. The average Bonchev–Trinajstić information content (AvgIpc) is 2.10. The highest BCUT2D eigenvalue weighted by atomic mass is 16.6. The van der Waals surface area contributed by atoms with Crippen molar-refractivity contribution < 1.29 is 19.0 Å². The first kappa shape index (κ1) is 11.4. The largest absolute Gasteiger partial charge is 0.462 e. The number of rotatable bonds is 7. The van der Waals surface area contributed by atoms with Crippen molar-refractivity contribution in [2.24, 2.45) is 5.73 Å². The van der Waals surface area contributed by atoms with Crippen molar-refractivity contribution >= 4 is 5.97 Å². The summed E-state index contributed by atoms with van der Waals surface area (Å²) in [5.41, 5.74) is 5.00. The number of nitrogens with two attached hydrogens (primary N) is 1. The zero-order chi connectivity index (χ0) is 9.23. The van der Waals surface area contributed by atoms with Crippen molar-refractivity contribution in [3.05, 3.63) is 0 Å². The molecule has 0 atom stereocenters. The fraction of sp³-hybridized carbons (Fsp3) is 0.857. The third-order valence-corrected chi connectivity index (χ3v) is 1.09. The van der Waals surface area contributed by atoms with Crippen LogP contribution in [0.25, 0.3) is 0 Å². The molecule has 0 radical (unpaired) electrons. The van der Waals surface area contributed by atoms with Crippen LogP contribution in [-0.4, -0.2) is 46.1 Å². The van der Waals surface area contributed by atoms with Gasteiger partial charge in [-0.2, -0.15) is 0 Å². The Bertz CT molecular complexity index is 118. The summed E-state index contributed by atoms with van der Waals surface area (Å²) in [4.78, 5) is 10.5. The molecular formula is C7H15NO4. The van der Waals surface area contributed by atoms with E-state index in [0.717, 1.165) is 0 Å². The van der Waals surface area contributed by atoms with Gasteiger partial charge in [-0.15, -0.1) is 0 Å². The minimum atomic E-state index is -0.412. The van der Waals surface area contributed by atoms with Gasteiger partial charge >= 0.3 is 5.97 Å². The van der Waals surface area contributed by atoms with Gasteiger partial charge in [0.05, 0.1) is 26.4 Å². The standard InChI is InChI=1S/C7H15NO4/c1-10-2-3-11-4-5-12-7(9)6-8/h2-6,8H2,1H3. The topological polar surface area (TPSA) is 70.8 Å². The molecule has 0 bridgehead atoms. The van der Waals surface area contributed by atoms with E-state index in [-0.39, 0.29) is 13.2 Å². The second-order valence-electron chi connectivity index (χ2n) is 2.03. The van der Waals surface area contributed by atoms with Crippen LogP contribution in [0.5, 0.6) is 0 Å². The maximum atomic E-state index is 10.5. The molecule has 2 N–H and O–H groups in total. The van der Waals surface area contributed by atoms with Gasteiger partial charge in [-0.25, -0.2) is 0 Å². The lowest BCUT2D eigenvalue weighted by atomic mass is 10.6. The highest BCUT2D eigenvalue weighted by Gasteiger charge is 1.96. The molecule has 0 aromatic rings. The first-order chi connectivity index (χ1) is 5.81. The zero-order valence-electron chi connectivity index (χ0n) is 7.25. The Labute approximate surface area is 71.8 Å². The quantitative estimate of drug-likeness (QED) is 0.405. The van der Waals surface area contributed by atoms with Crippen LogP contribution in [0, 0.1) is 0 Å². The van der Waals surface area contributed by atoms with Crippen LogP contribution in [0.15, 0.2) is 0 Å². The predicted octanol–water partition coefficient (Wildman–Crippen LogP) is -0.849. The molecule has 0 fully saturated rings. The lowest BCUT2D eigenvalue weighted by Gasteiger charge is -2.03. The molecule has 0 rings (SSSR count). The van der Waals surface area contributed by atoms with Crippen LogP contribution >= 0.6 is 0 Å². The SMILES string of the molecule is COCCOCCOC(=O)CN. The number of ether oxygens (including phenoxy) is 3. The number of esters is 1. The maximum Gasteiger partial charge on any atom is 0.319 e. The van der Waals surface area contributed by atoms with E-state index in [0.29, 0.717) is 19.8 Å². The number of carbonyl (C=O) groups excluding carboxylic acids is 1. The van der Waals surface area contributed by atoms with E-state index in [1.807, 2.05) is 0 Å². The van der Waals surface area contributed by atoms with Crippen molar-refractivity contribution in [2.75, 3.05) is 40.1 Å². The van der Waals surface area contributed by atoms with Crippen molar-refractivity contribution in [1.82, 2.24) is 0 Å². The van der Waals surface area contributed by atoms with Gasteiger partial charge in [0, 0.05) is 7.11 Å². The van der Waals surface area contributed by atoms with Crippen LogP contribution in [0.2, 0.25) is 0 Å². The molecule has 0 aliphatic carbocycles. The normalized spacial score (nSPS) is 9.83. The minimum Gasteiger partial charge on any atom is -0.462 e. The molecule has 0 aromatic carbocycles. The molecule has 0 spiro atoms. The molecular weight excluding hydrogens is 162 g/mol. The lowest BCUT2D eigenvalue weighted by molar-refractivity contribution is -0.143. The molecule has 0 aliphatic heterocycles. The van der Waals surface area contributed by atoms with Crippen LogP contribution < -0.4 is 5.73 Å². The Hall–Kier alpha value is -0.650. The third kappa shape index (κ3) is 7.46. The Morgan fingerprint density at radius 3 is 2.50 bits per heavy atom. The van der Waals surface area contributed by atoms with E-state index in [2.05, 4.69) is 4.74 Å². The van der Waals surface area contributed by atoms with Crippen LogP contribution in [0.3, 0.4) is 0 Å². The summed E-state index contributed by atoms with van der Waals surface area (Å²) in [6.45, 7) is 1.61.